The maximum absolute atomic E-state index is 13.0. The minimum Gasteiger partial charge on any atom is -0.490 e. The van der Waals surface area contributed by atoms with Crippen molar-refractivity contribution in [3.63, 3.8) is 0 Å². The molecule has 0 radical (unpaired) electrons. The quantitative estimate of drug-likeness (QED) is 0.614. The van der Waals surface area contributed by atoms with Gasteiger partial charge in [0.1, 0.15) is 30.8 Å². The molecule has 1 aliphatic carbocycles. The summed E-state index contributed by atoms with van der Waals surface area (Å²) in [7, 11) is 0. The van der Waals surface area contributed by atoms with Crippen LogP contribution >= 0.6 is 0 Å². The third-order valence-corrected chi connectivity index (χ3v) is 7.48. The van der Waals surface area contributed by atoms with Gasteiger partial charge < -0.3 is 19.3 Å². The van der Waals surface area contributed by atoms with Crippen LogP contribution in [0.15, 0.2) is 66.3 Å². The monoisotopic (exact) mass is 499 g/mol. The van der Waals surface area contributed by atoms with Crippen LogP contribution in [-0.4, -0.2) is 55.0 Å². The van der Waals surface area contributed by atoms with Gasteiger partial charge in [0.25, 0.3) is 5.91 Å². The number of hydrogen-bond donors (Lipinski definition) is 1. The third-order valence-electron chi connectivity index (χ3n) is 7.48. The lowest BCUT2D eigenvalue weighted by Crippen LogP contribution is -2.52. The van der Waals surface area contributed by atoms with Gasteiger partial charge in [-0.05, 0) is 48.6 Å². The summed E-state index contributed by atoms with van der Waals surface area (Å²) in [5, 5.41) is 2.34. The number of hydrogen-bond acceptors (Lipinski definition) is 6. The van der Waals surface area contributed by atoms with Crippen molar-refractivity contribution in [2.24, 2.45) is 5.92 Å². The molecule has 2 atom stereocenters. The van der Waals surface area contributed by atoms with Crippen molar-refractivity contribution < 1.29 is 23.9 Å². The van der Waals surface area contributed by atoms with Crippen LogP contribution in [0, 0.1) is 5.92 Å². The highest BCUT2D eigenvalue weighted by Crippen LogP contribution is 2.35. The van der Waals surface area contributed by atoms with Crippen LogP contribution in [0.25, 0.3) is 0 Å². The number of fused-ring (bicyclic) bond motifs is 2. The van der Waals surface area contributed by atoms with Crippen LogP contribution in [-0.2, 0) is 16.1 Å². The van der Waals surface area contributed by atoms with E-state index in [9.17, 15) is 14.4 Å². The lowest BCUT2D eigenvalue weighted by Gasteiger charge is -2.33. The summed E-state index contributed by atoms with van der Waals surface area (Å²) in [4.78, 5) is 40.8. The number of piperidine rings is 1. The molecule has 6 rings (SSSR count). The van der Waals surface area contributed by atoms with E-state index in [1.165, 1.54) is 0 Å². The number of para-hydroxylation sites is 2. The molecule has 1 N–H and O–H groups in total. The molecule has 0 bridgehead atoms. The molecule has 2 unspecified atom stereocenters. The molecule has 37 heavy (non-hydrogen) atoms. The average Bonchev–Trinajstić information content (AvgIpc) is 3.25. The molecule has 1 fully saturated rings. The zero-order valence-corrected chi connectivity index (χ0v) is 20.5. The number of imide groups is 1. The molecule has 1 saturated heterocycles. The number of rotatable bonds is 6. The Hall–Kier alpha value is -4.07. The summed E-state index contributed by atoms with van der Waals surface area (Å²) < 4.78 is 11.9. The normalized spacial score (nSPS) is 22.7. The van der Waals surface area contributed by atoms with Gasteiger partial charge in [-0.1, -0.05) is 36.4 Å². The standard InChI is InChI=1S/C29H29N3O5/c33-27-13-12-24(28(34)30-27)32-17-22-21(29(32)35)4-3-7-25(22)37-18-20-10-8-19(9-11-20)16-31-14-15-36-26-6-2-1-5-23(26)31/h1-8,10-11,19,24H,9,12-18H2,(H,30,33,34). The molecule has 3 aliphatic heterocycles. The van der Waals surface area contributed by atoms with E-state index < -0.39 is 11.9 Å². The number of allylic oxidation sites excluding steroid dienone is 1. The van der Waals surface area contributed by atoms with Crippen molar-refractivity contribution in [1.82, 2.24) is 10.2 Å². The molecule has 3 heterocycles. The van der Waals surface area contributed by atoms with Crippen LogP contribution < -0.4 is 19.7 Å². The summed E-state index contributed by atoms with van der Waals surface area (Å²) >= 11 is 0. The summed E-state index contributed by atoms with van der Waals surface area (Å²) in [5.74, 6) is 1.12. The van der Waals surface area contributed by atoms with Crippen LogP contribution in [0.5, 0.6) is 11.5 Å². The Kier molecular flexibility index (Phi) is 6.16. The van der Waals surface area contributed by atoms with Crippen LogP contribution in [0.4, 0.5) is 5.69 Å². The van der Waals surface area contributed by atoms with E-state index in [1.54, 1.807) is 17.0 Å². The summed E-state index contributed by atoms with van der Waals surface area (Å²) in [6.45, 7) is 3.23. The highest BCUT2D eigenvalue weighted by atomic mass is 16.5. The van der Waals surface area contributed by atoms with Gasteiger partial charge in [-0.15, -0.1) is 0 Å². The number of nitrogens with zero attached hydrogens (tertiary/aromatic N) is 2. The van der Waals surface area contributed by atoms with E-state index in [-0.39, 0.29) is 18.2 Å². The Morgan fingerprint density at radius 3 is 2.81 bits per heavy atom. The Balaban J connectivity index is 1.07. The number of anilines is 1. The van der Waals surface area contributed by atoms with Crippen LogP contribution in [0.2, 0.25) is 0 Å². The molecule has 2 aromatic carbocycles. The van der Waals surface area contributed by atoms with Crippen molar-refractivity contribution in [3.05, 3.63) is 77.4 Å². The predicted octanol–water partition coefficient (Wildman–Crippen LogP) is 3.23. The maximum Gasteiger partial charge on any atom is 0.255 e. The van der Waals surface area contributed by atoms with E-state index in [0.717, 1.165) is 42.1 Å². The van der Waals surface area contributed by atoms with Crippen LogP contribution in [0.1, 0.15) is 35.2 Å². The SMILES string of the molecule is O=C1CCC(N2Cc3c(OCC4=CCC(CN5CCOc6ccccc65)C=C4)cccc3C2=O)C(=O)N1. The highest BCUT2D eigenvalue weighted by Gasteiger charge is 2.40. The number of ether oxygens (including phenoxy) is 2. The van der Waals surface area contributed by atoms with Gasteiger partial charge >= 0.3 is 0 Å². The highest BCUT2D eigenvalue weighted by molar-refractivity contribution is 6.05. The van der Waals surface area contributed by atoms with Crippen molar-refractivity contribution in [3.8, 4) is 11.5 Å². The summed E-state index contributed by atoms with van der Waals surface area (Å²) in [5.41, 5.74) is 3.60. The van der Waals surface area contributed by atoms with Crippen molar-refractivity contribution in [2.45, 2.75) is 31.8 Å². The van der Waals surface area contributed by atoms with E-state index in [4.69, 9.17) is 9.47 Å². The first kappa shape index (κ1) is 23.3. The summed E-state index contributed by atoms with van der Waals surface area (Å²) in [6, 6.07) is 13.0. The molecule has 190 valence electrons. The molecule has 8 nitrogen and oxygen atoms in total. The van der Waals surface area contributed by atoms with E-state index in [1.807, 2.05) is 24.3 Å². The fraction of sp³-hybridized carbons (Fsp3) is 0.345. The van der Waals surface area contributed by atoms with Gasteiger partial charge in [-0.2, -0.15) is 0 Å². The number of carbonyl (C=O) groups excluding carboxylic acids is 3. The Morgan fingerprint density at radius 2 is 1.97 bits per heavy atom. The fourth-order valence-corrected chi connectivity index (χ4v) is 5.50. The number of benzene rings is 2. The zero-order chi connectivity index (χ0) is 25.4. The Bertz CT molecular complexity index is 1320. The van der Waals surface area contributed by atoms with Crippen molar-refractivity contribution in [1.29, 1.82) is 0 Å². The smallest absolute Gasteiger partial charge is 0.255 e. The van der Waals surface area contributed by atoms with Gasteiger partial charge in [-0.3, -0.25) is 19.7 Å². The second-order valence-electron chi connectivity index (χ2n) is 9.87. The number of amides is 3. The lowest BCUT2D eigenvalue weighted by atomic mass is 9.96. The molecule has 0 spiro atoms. The van der Waals surface area contributed by atoms with Crippen molar-refractivity contribution >= 4 is 23.4 Å². The Labute approximate surface area is 215 Å². The fourth-order valence-electron chi connectivity index (χ4n) is 5.50. The lowest BCUT2D eigenvalue weighted by molar-refractivity contribution is -0.136. The average molecular weight is 500 g/mol. The third kappa shape index (κ3) is 4.59. The largest absolute Gasteiger partial charge is 0.490 e. The predicted molar refractivity (Wildman–Crippen MR) is 137 cm³/mol. The minimum atomic E-state index is -0.634. The van der Waals surface area contributed by atoms with E-state index in [2.05, 4.69) is 34.5 Å². The van der Waals surface area contributed by atoms with Gasteiger partial charge in [-0.25, -0.2) is 0 Å². The molecular formula is C29H29N3O5. The molecule has 2 aromatic rings. The summed E-state index contributed by atoms with van der Waals surface area (Å²) in [6.07, 6.45) is 8.12. The molecule has 3 amide bonds. The molecule has 0 aromatic heterocycles. The second kappa shape index (κ2) is 9.76. The first-order chi connectivity index (χ1) is 18.1. The van der Waals surface area contributed by atoms with Crippen molar-refractivity contribution in [2.75, 3.05) is 31.2 Å². The minimum absolute atomic E-state index is 0.195. The molecule has 8 heteroatoms. The molecular weight excluding hydrogens is 470 g/mol. The zero-order valence-electron chi connectivity index (χ0n) is 20.5. The van der Waals surface area contributed by atoms with E-state index >= 15 is 0 Å². The van der Waals surface area contributed by atoms with Crippen LogP contribution in [0.3, 0.4) is 0 Å². The number of carbonyl (C=O) groups is 3. The Morgan fingerprint density at radius 1 is 1.08 bits per heavy atom. The molecule has 0 saturated carbocycles. The first-order valence-electron chi connectivity index (χ1n) is 12.8. The van der Waals surface area contributed by atoms with Gasteiger partial charge in [0.05, 0.1) is 18.8 Å². The topological polar surface area (TPSA) is 88.2 Å². The first-order valence-corrected chi connectivity index (χ1v) is 12.8. The second-order valence-corrected chi connectivity index (χ2v) is 9.87. The molecule has 4 aliphatic rings. The maximum atomic E-state index is 13.0. The van der Waals surface area contributed by atoms with Gasteiger partial charge in [0.2, 0.25) is 11.8 Å². The van der Waals surface area contributed by atoms with Gasteiger partial charge in [0, 0.05) is 24.1 Å². The number of nitrogens with one attached hydrogen (secondary N) is 1. The van der Waals surface area contributed by atoms with Gasteiger partial charge in [0.15, 0.2) is 0 Å². The van der Waals surface area contributed by atoms with E-state index in [0.29, 0.717) is 43.4 Å².